The molecule has 13 heavy (non-hydrogen) atoms. The van der Waals surface area contributed by atoms with Gasteiger partial charge in [0.25, 0.3) is 0 Å². The number of aliphatic hydroxyl groups excluding tert-OH is 1. The molecule has 1 atom stereocenters. The van der Waals surface area contributed by atoms with Crippen molar-refractivity contribution < 1.29 is 5.11 Å². The lowest BCUT2D eigenvalue weighted by molar-refractivity contribution is 0.152. The fourth-order valence-corrected chi connectivity index (χ4v) is 3.36. The monoisotopic (exact) mass is 196 g/mol. The van der Waals surface area contributed by atoms with Crippen LogP contribution in [0.3, 0.4) is 0 Å². The molecule has 1 nitrogen and oxygen atoms in total. The average Bonchev–Trinajstić information content (AvgIpc) is 2.78. The van der Waals surface area contributed by atoms with E-state index in [4.69, 9.17) is 0 Å². The summed E-state index contributed by atoms with van der Waals surface area (Å²) >= 11 is 1.81. The molecule has 1 aliphatic carbocycles. The fraction of sp³-hybridized carbons (Fsp3) is 0.636. The molecular formula is C11H16OS. The van der Waals surface area contributed by atoms with Crippen LogP contribution in [0.2, 0.25) is 0 Å². The molecule has 0 saturated heterocycles. The molecule has 1 N–H and O–H groups in total. The van der Waals surface area contributed by atoms with E-state index in [1.54, 1.807) is 0 Å². The molecular weight excluding hydrogens is 180 g/mol. The Kier molecular flexibility index (Phi) is 2.20. The van der Waals surface area contributed by atoms with Gasteiger partial charge in [-0.2, -0.15) is 0 Å². The van der Waals surface area contributed by atoms with Gasteiger partial charge >= 0.3 is 0 Å². The second kappa shape index (κ2) is 3.10. The van der Waals surface area contributed by atoms with Crippen molar-refractivity contribution in [1.82, 2.24) is 0 Å². The Labute approximate surface area is 83.4 Å². The van der Waals surface area contributed by atoms with Gasteiger partial charge in [-0.1, -0.05) is 6.92 Å². The molecule has 0 spiro atoms. The number of hydrogen-bond donors (Lipinski definition) is 1. The Morgan fingerprint density at radius 2 is 2.31 bits per heavy atom. The van der Waals surface area contributed by atoms with E-state index in [0.717, 1.165) is 19.3 Å². The van der Waals surface area contributed by atoms with Gasteiger partial charge in [-0.3, -0.25) is 0 Å². The third kappa shape index (κ3) is 1.32. The van der Waals surface area contributed by atoms with Crippen LogP contribution >= 0.6 is 11.3 Å². The SMILES string of the molecule is CCc1ccsc1C1(C(C)O)CC1. The molecule has 2 rings (SSSR count). The van der Waals surface area contributed by atoms with Crippen LogP contribution in [0.1, 0.15) is 37.1 Å². The van der Waals surface area contributed by atoms with E-state index in [2.05, 4.69) is 18.4 Å². The lowest BCUT2D eigenvalue weighted by atomic mass is 9.95. The number of aryl methyl sites for hydroxylation is 1. The summed E-state index contributed by atoms with van der Waals surface area (Å²) < 4.78 is 0. The molecule has 1 heterocycles. The predicted molar refractivity (Wildman–Crippen MR) is 56.3 cm³/mol. The highest BCUT2D eigenvalue weighted by Gasteiger charge is 2.50. The van der Waals surface area contributed by atoms with Crippen LogP contribution < -0.4 is 0 Å². The molecule has 1 fully saturated rings. The van der Waals surface area contributed by atoms with Gasteiger partial charge in [0.05, 0.1) is 6.10 Å². The van der Waals surface area contributed by atoms with Crippen molar-refractivity contribution in [2.75, 3.05) is 0 Å². The first kappa shape index (κ1) is 9.22. The molecule has 1 unspecified atom stereocenters. The number of rotatable bonds is 3. The van der Waals surface area contributed by atoms with Crippen molar-refractivity contribution in [3.05, 3.63) is 21.9 Å². The Morgan fingerprint density at radius 3 is 2.77 bits per heavy atom. The highest BCUT2D eigenvalue weighted by molar-refractivity contribution is 7.10. The van der Waals surface area contributed by atoms with E-state index < -0.39 is 0 Å². The molecule has 1 aliphatic rings. The molecule has 0 bridgehead atoms. The van der Waals surface area contributed by atoms with Crippen molar-refractivity contribution >= 4 is 11.3 Å². The van der Waals surface area contributed by atoms with Gasteiger partial charge in [0, 0.05) is 10.3 Å². The van der Waals surface area contributed by atoms with Crippen LogP contribution in [-0.2, 0) is 11.8 Å². The van der Waals surface area contributed by atoms with E-state index >= 15 is 0 Å². The maximum atomic E-state index is 9.74. The molecule has 72 valence electrons. The summed E-state index contributed by atoms with van der Waals surface area (Å²) in [6.45, 7) is 4.11. The summed E-state index contributed by atoms with van der Waals surface area (Å²) in [5.74, 6) is 0. The Bertz CT molecular complexity index is 297. The Morgan fingerprint density at radius 1 is 1.62 bits per heavy atom. The molecule has 0 radical (unpaired) electrons. The molecule has 0 aromatic carbocycles. The first-order valence-electron chi connectivity index (χ1n) is 4.95. The zero-order valence-electron chi connectivity index (χ0n) is 8.21. The standard InChI is InChI=1S/C11H16OS/c1-3-9-4-7-13-10(9)11(5-6-11)8(2)12/h4,7-8,12H,3,5-6H2,1-2H3. The third-order valence-corrected chi connectivity index (χ3v) is 4.34. The summed E-state index contributed by atoms with van der Waals surface area (Å²) in [5.41, 5.74) is 1.57. The lowest BCUT2D eigenvalue weighted by Crippen LogP contribution is -2.22. The van der Waals surface area contributed by atoms with Crippen LogP contribution in [0.25, 0.3) is 0 Å². The van der Waals surface area contributed by atoms with Gasteiger partial charge in [0.2, 0.25) is 0 Å². The zero-order valence-corrected chi connectivity index (χ0v) is 9.03. The summed E-state index contributed by atoms with van der Waals surface area (Å²) in [7, 11) is 0. The van der Waals surface area contributed by atoms with Gasteiger partial charge in [0.15, 0.2) is 0 Å². The molecule has 0 amide bonds. The van der Waals surface area contributed by atoms with Crippen molar-refractivity contribution in [2.24, 2.45) is 0 Å². The lowest BCUT2D eigenvalue weighted by Gasteiger charge is -2.18. The topological polar surface area (TPSA) is 20.2 Å². The smallest absolute Gasteiger partial charge is 0.0616 e. The van der Waals surface area contributed by atoms with Gasteiger partial charge in [-0.15, -0.1) is 11.3 Å². The average molecular weight is 196 g/mol. The highest BCUT2D eigenvalue weighted by atomic mass is 32.1. The van der Waals surface area contributed by atoms with Crippen molar-refractivity contribution in [1.29, 1.82) is 0 Å². The highest BCUT2D eigenvalue weighted by Crippen LogP contribution is 2.53. The minimum absolute atomic E-state index is 0.138. The van der Waals surface area contributed by atoms with Gasteiger partial charge in [-0.05, 0) is 43.2 Å². The van der Waals surface area contributed by atoms with Crippen molar-refractivity contribution in [3.8, 4) is 0 Å². The van der Waals surface area contributed by atoms with Crippen molar-refractivity contribution in [3.63, 3.8) is 0 Å². The van der Waals surface area contributed by atoms with Crippen molar-refractivity contribution in [2.45, 2.75) is 44.6 Å². The van der Waals surface area contributed by atoms with E-state index in [1.807, 2.05) is 18.3 Å². The zero-order chi connectivity index (χ0) is 9.47. The normalized spacial score (nSPS) is 21.5. The van der Waals surface area contributed by atoms with E-state index in [0.29, 0.717) is 0 Å². The maximum absolute atomic E-state index is 9.74. The third-order valence-electron chi connectivity index (χ3n) is 3.17. The van der Waals surface area contributed by atoms with E-state index in [9.17, 15) is 5.11 Å². The van der Waals surface area contributed by atoms with Crippen LogP contribution in [-0.4, -0.2) is 11.2 Å². The quantitative estimate of drug-likeness (QED) is 0.788. The first-order valence-corrected chi connectivity index (χ1v) is 5.83. The number of hydrogen-bond acceptors (Lipinski definition) is 2. The minimum atomic E-state index is -0.184. The summed E-state index contributed by atoms with van der Waals surface area (Å²) in [4.78, 5) is 1.44. The first-order chi connectivity index (χ1) is 6.20. The molecule has 1 aromatic heterocycles. The molecule has 2 heteroatoms. The van der Waals surface area contributed by atoms with Crippen LogP contribution in [0.4, 0.5) is 0 Å². The summed E-state index contributed by atoms with van der Waals surface area (Å²) in [5, 5.41) is 11.9. The van der Waals surface area contributed by atoms with Crippen LogP contribution in [0.5, 0.6) is 0 Å². The summed E-state index contributed by atoms with van der Waals surface area (Å²) in [6, 6.07) is 2.20. The van der Waals surface area contributed by atoms with Gasteiger partial charge in [-0.25, -0.2) is 0 Å². The van der Waals surface area contributed by atoms with E-state index in [-0.39, 0.29) is 11.5 Å². The van der Waals surface area contributed by atoms with Crippen LogP contribution in [0.15, 0.2) is 11.4 Å². The Balaban J connectivity index is 2.34. The number of thiophene rings is 1. The van der Waals surface area contributed by atoms with E-state index in [1.165, 1.54) is 10.4 Å². The second-order valence-electron chi connectivity index (χ2n) is 3.96. The molecule has 1 aromatic rings. The predicted octanol–water partition coefficient (Wildman–Crippen LogP) is 2.72. The van der Waals surface area contributed by atoms with Gasteiger partial charge < -0.3 is 5.11 Å². The largest absolute Gasteiger partial charge is 0.392 e. The Hall–Kier alpha value is -0.340. The summed E-state index contributed by atoms with van der Waals surface area (Å²) in [6.07, 6.45) is 3.24. The number of aliphatic hydroxyl groups is 1. The molecule has 1 saturated carbocycles. The maximum Gasteiger partial charge on any atom is 0.0616 e. The fourth-order valence-electron chi connectivity index (χ4n) is 2.02. The van der Waals surface area contributed by atoms with Gasteiger partial charge in [0.1, 0.15) is 0 Å². The molecule has 0 aliphatic heterocycles. The second-order valence-corrected chi connectivity index (χ2v) is 4.88. The minimum Gasteiger partial charge on any atom is -0.392 e. The van der Waals surface area contributed by atoms with Crippen LogP contribution in [0, 0.1) is 0 Å².